The molecule has 0 spiro atoms. The number of carbonyl (C=O) groups is 2. The molecule has 1 aromatic rings. The van der Waals surface area contributed by atoms with E-state index in [4.69, 9.17) is 9.47 Å². The number of amides is 2. The molecule has 0 bridgehead atoms. The molecule has 22 heavy (non-hydrogen) atoms. The Morgan fingerprint density at radius 3 is 2.36 bits per heavy atom. The summed E-state index contributed by atoms with van der Waals surface area (Å²) in [6.07, 6.45) is 0.522. The van der Waals surface area contributed by atoms with Crippen molar-refractivity contribution in [2.75, 3.05) is 13.7 Å². The van der Waals surface area contributed by atoms with Crippen LogP contribution in [0, 0.1) is 0 Å². The maximum absolute atomic E-state index is 12.2. The molecule has 2 amide bonds. The Kier molecular flexibility index (Phi) is 4.74. The van der Waals surface area contributed by atoms with Crippen molar-refractivity contribution in [3.63, 3.8) is 0 Å². The van der Waals surface area contributed by atoms with Crippen molar-refractivity contribution in [2.45, 2.75) is 45.1 Å². The predicted octanol–water partition coefficient (Wildman–Crippen LogP) is 3.34. The first-order chi connectivity index (χ1) is 10.3. The summed E-state index contributed by atoms with van der Waals surface area (Å²) in [6, 6.07) is 7.72. The van der Waals surface area contributed by atoms with Crippen LogP contribution in [0.1, 0.15) is 45.1 Å². The molecule has 0 N–H and O–H groups in total. The van der Waals surface area contributed by atoms with Gasteiger partial charge in [-0.1, -0.05) is 12.1 Å². The molecule has 120 valence electrons. The lowest BCUT2D eigenvalue weighted by Crippen LogP contribution is -2.44. The van der Waals surface area contributed by atoms with Crippen molar-refractivity contribution in [3.05, 3.63) is 29.8 Å². The van der Waals surface area contributed by atoms with Crippen LogP contribution >= 0.6 is 0 Å². The van der Waals surface area contributed by atoms with Crippen LogP contribution in [0.3, 0.4) is 0 Å². The number of methoxy groups -OCH3 is 1. The second kappa shape index (κ2) is 6.38. The topological polar surface area (TPSA) is 55.8 Å². The zero-order valence-electron chi connectivity index (χ0n) is 13.6. The highest BCUT2D eigenvalue weighted by molar-refractivity contribution is 5.93. The molecule has 2 rings (SSSR count). The quantitative estimate of drug-likeness (QED) is 0.841. The minimum Gasteiger partial charge on any atom is -0.497 e. The van der Waals surface area contributed by atoms with E-state index in [0.717, 1.165) is 17.7 Å². The second-order valence-electron chi connectivity index (χ2n) is 6.49. The van der Waals surface area contributed by atoms with Gasteiger partial charge in [-0.15, -0.1) is 0 Å². The average Bonchev–Trinajstić information content (AvgIpc) is 2.45. The predicted molar refractivity (Wildman–Crippen MR) is 82.9 cm³/mol. The maximum Gasteiger partial charge on any atom is 0.417 e. The first kappa shape index (κ1) is 16.3. The highest BCUT2D eigenvalue weighted by Crippen LogP contribution is 2.30. The fourth-order valence-electron chi connectivity index (χ4n) is 2.50. The summed E-state index contributed by atoms with van der Waals surface area (Å²) in [4.78, 5) is 25.5. The molecular formula is C17H23NO4. The van der Waals surface area contributed by atoms with E-state index in [-0.39, 0.29) is 11.8 Å². The van der Waals surface area contributed by atoms with Crippen molar-refractivity contribution in [3.8, 4) is 5.75 Å². The van der Waals surface area contributed by atoms with Gasteiger partial charge in [-0.2, -0.15) is 0 Å². The Morgan fingerprint density at radius 1 is 1.23 bits per heavy atom. The Balaban J connectivity index is 2.00. The van der Waals surface area contributed by atoms with Gasteiger partial charge in [-0.05, 0) is 50.8 Å². The highest BCUT2D eigenvalue weighted by atomic mass is 16.6. The summed E-state index contributed by atoms with van der Waals surface area (Å²) in [5, 5.41) is 0. The van der Waals surface area contributed by atoms with Crippen molar-refractivity contribution in [1.29, 1.82) is 0 Å². The van der Waals surface area contributed by atoms with E-state index >= 15 is 0 Å². The van der Waals surface area contributed by atoms with Crippen molar-refractivity contribution < 1.29 is 19.1 Å². The molecule has 0 unspecified atom stereocenters. The number of rotatable bonds is 2. The number of imide groups is 1. The SMILES string of the molecule is COc1ccc([C@@H]2CCN(C(=O)OC(C)(C)C)C(=O)C2)cc1. The maximum atomic E-state index is 12.2. The van der Waals surface area contributed by atoms with Gasteiger partial charge in [0.2, 0.25) is 5.91 Å². The van der Waals surface area contributed by atoms with E-state index in [0.29, 0.717) is 13.0 Å². The normalized spacial score (nSPS) is 19.0. The number of ether oxygens (including phenoxy) is 2. The first-order valence-corrected chi connectivity index (χ1v) is 7.47. The fourth-order valence-corrected chi connectivity index (χ4v) is 2.50. The summed E-state index contributed by atoms with van der Waals surface area (Å²) in [7, 11) is 1.62. The monoisotopic (exact) mass is 305 g/mol. The molecule has 0 saturated carbocycles. The van der Waals surface area contributed by atoms with Gasteiger partial charge in [0.15, 0.2) is 0 Å². The van der Waals surface area contributed by atoms with Crippen LogP contribution < -0.4 is 4.74 Å². The van der Waals surface area contributed by atoms with Gasteiger partial charge in [0.25, 0.3) is 0 Å². The van der Waals surface area contributed by atoms with Crippen LogP contribution in [0.4, 0.5) is 4.79 Å². The standard InChI is InChI=1S/C17H23NO4/c1-17(2,3)22-16(20)18-10-9-13(11-15(18)19)12-5-7-14(21-4)8-6-12/h5-8,13H,9-11H2,1-4H3/t13-/m1/s1. The van der Waals surface area contributed by atoms with Crippen LogP contribution in [0.2, 0.25) is 0 Å². The number of nitrogens with zero attached hydrogens (tertiary/aromatic N) is 1. The molecule has 1 aliphatic heterocycles. The van der Waals surface area contributed by atoms with Gasteiger partial charge >= 0.3 is 6.09 Å². The summed E-state index contributed by atoms with van der Waals surface area (Å²) < 4.78 is 10.4. The third-order valence-electron chi connectivity index (χ3n) is 3.62. The Bertz CT molecular complexity index is 545. The summed E-state index contributed by atoms with van der Waals surface area (Å²) in [6.45, 7) is 5.77. The number of carbonyl (C=O) groups excluding carboxylic acids is 2. The second-order valence-corrected chi connectivity index (χ2v) is 6.49. The van der Waals surface area contributed by atoms with Crippen LogP contribution in [-0.4, -0.2) is 36.2 Å². The van der Waals surface area contributed by atoms with Crippen LogP contribution in [-0.2, 0) is 9.53 Å². The van der Waals surface area contributed by atoms with E-state index in [1.165, 1.54) is 4.90 Å². The van der Waals surface area contributed by atoms with E-state index < -0.39 is 11.7 Å². The van der Waals surface area contributed by atoms with Crippen molar-refractivity contribution in [2.24, 2.45) is 0 Å². The molecule has 0 aromatic heterocycles. The molecule has 1 aliphatic rings. The minimum absolute atomic E-state index is 0.136. The van der Waals surface area contributed by atoms with Gasteiger partial charge in [0, 0.05) is 13.0 Å². The highest BCUT2D eigenvalue weighted by Gasteiger charge is 2.33. The molecule has 1 aromatic carbocycles. The minimum atomic E-state index is -0.593. The number of benzene rings is 1. The van der Waals surface area contributed by atoms with Gasteiger partial charge in [0.1, 0.15) is 11.4 Å². The van der Waals surface area contributed by atoms with Crippen LogP contribution in [0.15, 0.2) is 24.3 Å². The van der Waals surface area contributed by atoms with E-state index in [2.05, 4.69) is 0 Å². The fraction of sp³-hybridized carbons (Fsp3) is 0.529. The van der Waals surface area contributed by atoms with E-state index in [9.17, 15) is 9.59 Å². The summed E-state index contributed by atoms with van der Waals surface area (Å²) in [5.74, 6) is 0.750. The number of hydrogen-bond acceptors (Lipinski definition) is 4. The third-order valence-corrected chi connectivity index (χ3v) is 3.62. The van der Waals surface area contributed by atoms with Crippen LogP contribution in [0.5, 0.6) is 5.75 Å². The molecule has 1 fully saturated rings. The average molecular weight is 305 g/mol. The number of piperidine rings is 1. The van der Waals surface area contributed by atoms with Crippen LogP contribution in [0.25, 0.3) is 0 Å². The lowest BCUT2D eigenvalue weighted by atomic mass is 9.89. The molecular weight excluding hydrogens is 282 g/mol. The van der Waals surface area contributed by atoms with Gasteiger partial charge < -0.3 is 9.47 Å². The van der Waals surface area contributed by atoms with Gasteiger partial charge in [-0.25, -0.2) is 9.69 Å². The molecule has 5 nitrogen and oxygen atoms in total. The molecule has 0 radical (unpaired) electrons. The zero-order chi connectivity index (χ0) is 16.3. The Morgan fingerprint density at radius 2 is 1.86 bits per heavy atom. The van der Waals surface area contributed by atoms with Crippen molar-refractivity contribution >= 4 is 12.0 Å². The molecule has 1 saturated heterocycles. The Labute approximate surface area is 131 Å². The smallest absolute Gasteiger partial charge is 0.417 e. The first-order valence-electron chi connectivity index (χ1n) is 7.47. The largest absolute Gasteiger partial charge is 0.497 e. The zero-order valence-corrected chi connectivity index (χ0v) is 13.6. The van der Waals surface area contributed by atoms with E-state index in [1.54, 1.807) is 27.9 Å². The molecule has 1 atom stereocenters. The van der Waals surface area contributed by atoms with E-state index in [1.807, 2.05) is 24.3 Å². The van der Waals surface area contributed by atoms with Gasteiger partial charge in [0.05, 0.1) is 7.11 Å². The Hall–Kier alpha value is -2.04. The molecule has 5 heteroatoms. The summed E-state index contributed by atoms with van der Waals surface area (Å²) >= 11 is 0. The summed E-state index contributed by atoms with van der Waals surface area (Å²) in [5.41, 5.74) is 0.502. The lowest BCUT2D eigenvalue weighted by Gasteiger charge is -2.32. The van der Waals surface area contributed by atoms with Gasteiger partial charge in [-0.3, -0.25) is 4.79 Å². The van der Waals surface area contributed by atoms with Crippen molar-refractivity contribution in [1.82, 2.24) is 4.90 Å². The molecule has 1 heterocycles. The number of hydrogen-bond donors (Lipinski definition) is 0. The lowest BCUT2D eigenvalue weighted by molar-refractivity contribution is -0.132. The number of likely N-dealkylation sites (tertiary alicyclic amines) is 1. The third kappa shape index (κ3) is 4.00. The molecule has 0 aliphatic carbocycles.